The first-order valence-corrected chi connectivity index (χ1v) is 5.86. The molecule has 0 unspecified atom stereocenters. The summed E-state index contributed by atoms with van der Waals surface area (Å²) in [5.41, 5.74) is -0.560. The first-order valence-electron chi connectivity index (χ1n) is 4.74. The molecule has 0 heterocycles. The lowest BCUT2D eigenvalue weighted by atomic mass is 10.1. The molecular formula is C10H8BrF2NO4. The fraction of sp³-hybridized carbons (Fsp3) is 0.300. The molecule has 0 saturated heterocycles. The summed E-state index contributed by atoms with van der Waals surface area (Å²) in [6, 6.07) is 3.71. The zero-order valence-electron chi connectivity index (χ0n) is 8.94. The van der Waals surface area contributed by atoms with Crippen molar-refractivity contribution >= 4 is 27.4 Å². The standard InChI is InChI=1S/C10H8BrF2NO4/c11-5-7(15)4-6-2-1-3-8(18-10(12)13)9(6)14(16)17/h1-3,10H,4-5H2. The molecule has 18 heavy (non-hydrogen) atoms. The molecule has 5 nitrogen and oxygen atoms in total. The number of nitro groups is 1. The summed E-state index contributed by atoms with van der Waals surface area (Å²) in [7, 11) is 0. The highest BCUT2D eigenvalue weighted by Crippen LogP contribution is 2.32. The van der Waals surface area contributed by atoms with Gasteiger partial charge in [0, 0.05) is 12.0 Å². The monoisotopic (exact) mass is 323 g/mol. The van der Waals surface area contributed by atoms with Crippen LogP contribution in [0.25, 0.3) is 0 Å². The zero-order chi connectivity index (χ0) is 13.7. The number of carbonyl (C=O) groups is 1. The fourth-order valence-corrected chi connectivity index (χ4v) is 1.57. The second-order valence-corrected chi connectivity index (χ2v) is 3.81. The predicted octanol–water partition coefficient (Wildman–Crippen LogP) is 2.70. The molecule has 0 aliphatic heterocycles. The molecule has 0 aliphatic carbocycles. The highest BCUT2D eigenvalue weighted by atomic mass is 79.9. The van der Waals surface area contributed by atoms with E-state index < -0.39 is 23.0 Å². The number of carbonyl (C=O) groups excluding carboxylic acids is 1. The van der Waals surface area contributed by atoms with E-state index in [1.165, 1.54) is 12.1 Å². The number of hydrogen-bond donors (Lipinski definition) is 0. The highest BCUT2D eigenvalue weighted by molar-refractivity contribution is 9.09. The third kappa shape index (κ3) is 3.73. The van der Waals surface area contributed by atoms with Gasteiger partial charge in [0.25, 0.3) is 0 Å². The fourth-order valence-electron chi connectivity index (χ4n) is 1.37. The van der Waals surface area contributed by atoms with Gasteiger partial charge in [-0.05, 0) is 6.07 Å². The van der Waals surface area contributed by atoms with Crippen LogP contribution in [-0.4, -0.2) is 22.6 Å². The van der Waals surface area contributed by atoms with Gasteiger partial charge in [-0.2, -0.15) is 8.78 Å². The molecular weight excluding hydrogens is 316 g/mol. The Bertz CT molecular complexity index is 467. The number of para-hydroxylation sites is 1. The topological polar surface area (TPSA) is 69.4 Å². The van der Waals surface area contributed by atoms with E-state index in [4.69, 9.17) is 0 Å². The molecule has 0 amide bonds. The van der Waals surface area contributed by atoms with Crippen molar-refractivity contribution in [3.8, 4) is 5.75 Å². The van der Waals surface area contributed by atoms with Crippen LogP contribution < -0.4 is 4.74 Å². The molecule has 0 bridgehead atoms. The molecule has 0 aromatic heterocycles. The smallest absolute Gasteiger partial charge is 0.387 e. The second kappa shape index (κ2) is 6.39. The Balaban J connectivity index is 3.17. The summed E-state index contributed by atoms with van der Waals surface area (Å²) in [6.07, 6.45) is -0.220. The number of ketones is 1. The van der Waals surface area contributed by atoms with E-state index in [9.17, 15) is 23.7 Å². The highest BCUT2D eigenvalue weighted by Gasteiger charge is 2.24. The number of ether oxygens (including phenoxy) is 1. The molecule has 0 spiro atoms. The van der Waals surface area contributed by atoms with Gasteiger partial charge in [0.1, 0.15) is 5.78 Å². The lowest BCUT2D eigenvalue weighted by Gasteiger charge is -2.08. The van der Waals surface area contributed by atoms with Crippen molar-refractivity contribution in [2.75, 3.05) is 5.33 Å². The number of benzene rings is 1. The van der Waals surface area contributed by atoms with Gasteiger partial charge in [-0.3, -0.25) is 14.9 Å². The maximum absolute atomic E-state index is 12.1. The third-order valence-electron chi connectivity index (χ3n) is 2.02. The average Bonchev–Trinajstić information content (AvgIpc) is 2.27. The normalized spacial score (nSPS) is 10.4. The Morgan fingerprint density at radius 3 is 2.67 bits per heavy atom. The van der Waals surface area contributed by atoms with E-state index in [1.54, 1.807) is 0 Å². The number of hydrogen-bond acceptors (Lipinski definition) is 4. The SMILES string of the molecule is O=C(CBr)Cc1cccc(OC(F)F)c1[N+](=O)[O-]. The lowest BCUT2D eigenvalue weighted by Crippen LogP contribution is -2.09. The number of alkyl halides is 3. The third-order valence-corrected chi connectivity index (χ3v) is 2.64. The van der Waals surface area contributed by atoms with Crippen molar-refractivity contribution in [1.82, 2.24) is 0 Å². The van der Waals surface area contributed by atoms with Crippen LogP contribution in [0.2, 0.25) is 0 Å². The molecule has 1 aromatic carbocycles. The van der Waals surface area contributed by atoms with Gasteiger partial charge in [-0.15, -0.1) is 0 Å². The minimum atomic E-state index is -3.16. The van der Waals surface area contributed by atoms with E-state index in [1.807, 2.05) is 0 Å². The van der Waals surface area contributed by atoms with Crippen molar-refractivity contribution in [2.45, 2.75) is 13.0 Å². The summed E-state index contributed by atoms with van der Waals surface area (Å²) < 4.78 is 28.3. The minimum absolute atomic E-state index is 0.0318. The maximum atomic E-state index is 12.1. The van der Waals surface area contributed by atoms with Gasteiger partial charge in [-0.1, -0.05) is 28.1 Å². The lowest BCUT2D eigenvalue weighted by molar-refractivity contribution is -0.387. The van der Waals surface area contributed by atoms with Gasteiger partial charge in [-0.25, -0.2) is 0 Å². The molecule has 0 atom stereocenters. The molecule has 8 heteroatoms. The van der Waals surface area contributed by atoms with E-state index >= 15 is 0 Å². The summed E-state index contributed by atoms with van der Waals surface area (Å²) in [5, 5.41) is 10.9. The van der Waals surface area contributed by atoms with Gasteiger partial charge in [0.2, 0.25) is 5.75 Å². The van der Waals surface area contributed by atoms with Crippen molar-refractivity contribution in [3.63, 3.8) is 0 Å². The molecule has 0 aliphatic rings. The summed E-state index contributed by atoms with van der Waals surface area (Å²) in [5.74, 6) is -0.845. The molecule has 0 radical (unpaired) electrons. The Morgan fingerprint density at radius 2 is 2.17 bits per heavy atom. The van der Waals surface area contributed by atoms with Crippen molar-refractivity contribution in [3.05, 3.63) is 33.9 Å². The summed E-state index contributed by atoms with van der Waals surface area (Å²) >= 11 is 2.92. The molecule has 0 saturated carbocycles. The largest absolute Gasteiger partial charge is 0.427 e. The van der Waals surface area contributed by atoms with Crippen LogP contribution in [0.15, 0.2) is 18.2 Å². The van der Waals surface area contributed by atoms with Crippen LogP contribution in [0.1, 0.15) is 5.56 Å². The Kier molecular flexibility index (Phi) is 5.14. The second-order valence-electron chi connectivity index (χ2n) is 3.25. The van der Waals surface area contributed by atoms with Crippen LogP contribution in [0, 0.1) is 10.1 Å². The van der Waals surface area contributed by atoms with E-state index in [0.29, 0.717) is 0 Å². The predicted molar refractivity (Wildman–Crippen MR) is 62.2 cm³/mol. The number of rotatable bonds is 6. The van der Waals surface area contributed by atoms with Gasteiger partial charge < -0.3 is 4.74 Å². The summed E-state index contributed by atoms with van der Waals surface area (Å²) in [4.78, 5) is 21.2. The Morgan fingerprint density at radius 1 is 1.50 bits per heavy atom. The van der Waals surface area contributed by atoms with Gasteiger partial charge in [0.15, 0.2) is 0 Å². The zero-order valence-corrected chi connectivity index (χ0v) is 10.5. The van der Waals surface area contributed by atoms with Crippen LogP contribution in [0.5, 0.6) is 5.75 Å². The quantitative estimate of drug-likeness (QED) is 0.458. The molecule has 1 rings (SSSR count). The maximum Gasteiger partial charge on any atom is 0.387 e. The van der Waals surface area contributed by atoms with E-state index in [-0.39, 0.29) is 23.1 Å². The number of nitro benzene ring substituents is 1. The van der Waals surface area contributed by atoms with Crippen LogP contribution in [-0.2, 0) is 11.2 Å². The number of Topliss-reactive ketones (excluding diaryl/α,β-unsaturated/α-hetero) is 1. The van der Waals surface area contributed by atoms with Gasteiger partial charge >= 0.3 is 12.3 Å². The van der Waals surface area contributed by atoms with Crippen molar-refractivity contribution < 1.29 is 23.2 Å². The molecule has 98 valence electrons. The number of nitrogens with zero attached hydrogens (tertiary/aromatic N) is 1. The van der Waals surface area contributed by atoms with Crippen molar-refractivity contribution in [2.24, 2.45) is 0 Å². The Labute approximate surface area is 109 Å². The first-order chi connectivity index (χ1) is 8.45. The average molecular weight is 324 g/mol. The van der Waals surface area contributed by atoms with E-state index in [2.05, 4.69) is 20.7 Å². The Hall–Kier alpha value is -1.57. The molecule has 0 N–H and O–H groups in total. The van der Waals surface area contributed by atoms with Crippen LogP contribution in [0.3, 0.4) is 0 Å². The van der Waals surface area contributed by atoms with Crippen molar-refractivity contribution in [1.29, 1.82) is 0 Å². The number of halogens is 3. The van der Waals surface area contributed by atoms with Crippen LogP contribution in [0.4, 0.5) is 14.5 Å². The molecule has 1 aromatic rings. The van der Waals surface area contributed by atoms with Gasteiger partial charge in [0.05, 0.1) is 10.3 Å². The van der Waals surface area contributed by atoms with E-state index in [0.717, 1.165) is 6.07 Å². The summed E-state index contributed by atoms with van der Waals surface area (Å²) in [6.45, 7) is -3.16. The minimum Gasteiger partial charge on any atom is -0.427 e. The first kappa shape index (κ1) is 14.5. The molecule has 0 fully saturated rings. The van der Waals surface area contributed by atoms with Crippen LogP contribution >= 0.6 is 15.9 Å².